The van der Waals surface area contributed by atoms with Crippen LogP contribution in [0.3, 0.4) is 0 Å². The standard InChI is InChI=1S/C12H22N4/c1-4-7-8-14-12-10(5-2)11(13-6-3)15-9-16-12/h9H,4-8H2,1-3H3,(H2,13,14,15,16). The van der Waals surface area contributed by atoms with Crippen LogP contribution in [0.4, 0.5) is 11.6 Å². The predicted molar refractivity (Wildman–Crippen MR) is 69.0 cm³/mol. The molecule has 0 aliphatic rings. The third-order valence-electron chi connectivity index (χ3n) is 2.47. The van der Waals surface area contributed by atoms with E-state index in [2.05, 4.69) is 41.4 Å². The summed E-state index contributed by atoms with van der Waals surface area (Å²) in [5, 5.41) is 6.64. The lowest BCUT2D eigenvalue weighted by Gasteiger charge is -2.13. The topological polar surface area (TPSA) is 49.8 Å². The quantitative estimate of drug-likeness (QED) is 0.696. The van der Waals surface area contributed by atoms with Crippen molar-refractivity contribution >= 4 is 11.6 Å². The van der Waals surface area contributed by atoms with Crippen LogP contribution < -0.4 is 10.6 Å². The van der Waals surface area contributed by atoms with Crippen LogP contribution in [0.1, 0.15) is 39.2 Å². The van der Waals surface area contributed by atoms with Gasteiger partial charge in [0.25, 0.3) is 0 Å². The largest absolute Gasteiger partial charge is 0.370 e. The van der Waals surface area contributed by atoms with Crippen molar-refractivity contribution in [2.24, 2.45) is 0 Å². The summed E-state index contributed by atoms with van der Waals surface area (Å²) in [4.78, 5) is 8.57. The van der Waals surface area contributed by atoms with Crippen LogP contribution in [0.15, 0.2) is 6.33 Å². The van der Waals surface area contributed by atoms with E-state index in [9.17, 15) is 0 Å². The van der Waals surface area contributed by atoms with Crippen LogP contribution in [-0.2, 0) is 6.42 Å². The number of hydrogen-bond acceptors (Lipinski definition) is 4. The second kappa shape index (κ2) is 7.04. The Labute approximate surface area is 97.9 Å². The summed E-state index contributed by atoms with van der Waals surface area (Å²) in [7, 11) is 0. The molecule has 1 heterocycles. The number of nitrogens with zero attached hydrogens (tertiary/aromatic N) is 2. The molecule has 1 aromatic heterocycles. The van der Waals surface area contributed by atoms with Gasteiger partial charge in [0.15, 0.2) is 0 Å². The number of aromatic nitrogens is 2. The van der Waals surface area contributed by atoms with Gasteiger partial charge in [0.2, 0.25) is 0 Å². The summed E-state index contributed by atoms with van der Waals surface area (Å²) >= 11 is 0. The van der Waals surface area contributed by atoms with Crippen LogP contribution >= 0.6 is 0 Å². The van der Waals surface area contributed by atoms with Crippen molar-refractivity contribution in [2.45, 2.75) is 40.0 Å². The van der Waals surface area contributed by atoms with E-state index < -0.39 is 0 Å². The second-order valence-corrected chi connectivity index (χ2v) is 3.71. The molecule has 4 nitrogen and oxygen atoms in total. The number of rotatable bonds is 7. The maximum Gasteiger partial charge on any atom is 0.134 e. The molecular formula is C12H22N4. The molecule has 0 fully saturated rings. The highest BCUT2D eigenvalue weighted by atomic mass is 15.1. The first-order chi connectivity index (χ1) is 7.83. The van der Waals surface area contributed by atoms with Crippen LogP contribution in [0.25, 0.3) is 0 Å². The SMILES string of the molecule is CCCCNc1ncnc(NCC)c1CC. The Morgan fingerprint density at radius 1 is 1.06 bits per heavy atom. The molecule has 90 valence electrons. The van der Waals surface area contributed by atoms with E-state index in [-0.39, 0.29) is 0 Å². The summed E-state index contributed by atoms with van der Waals surface area (Å²) in [6.45, 7) is 8.26. The van der Waals surface area contributed by atoms with Crippen molar-refractivity contribution in [3.8, 4) is 0 Å². The van der Waals surface area contributed by atoms with E-state index in [1.807, 2.05) is 0 Å². The molecule has 0 saturated carbocycles. The van der Waals surface area contributed by atoms with Gasteiger partial charge in [0, 0.05) is 18.7 Å². The lowest BCUT2D eigenvalue weighted by Crippen LogP contribution is -2.10. The van der Waals surface area contributed by atoms with Gasteiger partial charge in [-0.15, -0.1) is 0 Å². The average molecular weight is 222 g/mol. The fourth-order valence-electron chi connectivity index (χ4n) is 1.60. The normalized spacial score (nSPS) is 10.2. The average Bonchev–Trinajstić information content (AvgIpc) is 2.30. The van der Waals surface area contributed by atoms with Crippen LogP contribution in [0, 0.1) is 0 Å². The molecule has 0 aromatic carbocycles. The van der Waals surface area contributed by atoms with Crippen molar-refractivity contribution in [2.75, 3.05) is 23.7 Å². The van der Waals surface area contributed by atoms with E-state index >= 15 is 0 Å². The van der Waals surface area contributed by atoms with E-state index in [1.165, 1.54) is 18.4 Å². The number of nitrogens with one attached hydrogen (secondary N) is 2. The summed E-state index contributed by atoms with van der Waals surface area (Å²) in [6, 6.07) is 0. The van der Waals surface area contributed by atoms with Crippen molar-refractivity contribution in [1.29, 1.82) is 0 Å². The highest BCUT2D eigenvalue weighted by Gasteiger charge is 2.07. The Morgan fingerprint density at radius 2 is 1.75 bits per heavy atom. The van der Waals surface area contributed by atoms with E-state index in [0.29, 0.717) is 0 Å². The minimum Gasteiger partial charge on any atom is -0.370 e. The van der Waals surface area contributed by atoms with Gasteiger partial charge in [-0.25, -0.2) is 9.97 Å². The molecule has 0 amide bonds. The van der Waals surface area contributed by atoms with E-state index in [0.717, 1.165) is 31.1 Å². The van der Waals surface area contributed by atoms with Gasteiger partial charge in [-0.3, -0.25) is 0 Å². The molecular weight excluding hydrogens is 200 g/mol. The Balaban J connectivity index is 2.77. The van der Waals surface area contributed by atoms with E-state index in [4.69, 9.17) is 0 Å². The third-order valence-corrected chi connectivity index (χ3v) is 2.47. The molecule has 0 unspecified atom stereocenters. The number of unbranched alkanes of at least 4 members (excludes halogenated alkanes) is 1. The molecule has 0 aliphatic heterocycles. The molecule has 2 N–H and O–H groups in total. The number of hydrogen-bond donors (Lipinski definition) is 2. The Kier molecular flexibility index (Phi) is 5.61. The van der Waals surface area contributed by atoms with Gasteiger partial charge in [-0.1, -0.05) is 20.3 Å². The molecule has 1 aromatic rings. The lowest BCUT2D eigenvalue weighted by atomic mass is 10.2. The zero-order chi connectivity index (χ0) is 11.8. The van der Waals surface area contributed by atoms with Gasteiger partial charge < -0.3 is 10.6 Å². The zero-order valence-electron chi connectivity index (χ0n) is 10.5. The molecule has 16 heavy (non-hydrogen) atoms. The van der Waals surface area contributed by atoms with Gasteiger partial charge in [-0.2, -0.15) is 0 Å². The van der Waals surface area contributed by atoms with Gasteiger partial charge in [-0.05, 0) is 19.8 Å². The first-order valence-corrected chi connectivity index (χ1v) is 6.15. The smallest absolute Gasteiger partial charge is 0.134 e. The Hall–Kier alpha value is -1.32. The molecule has 0 saturated heterocycles. The minimum atomic E-state index is 0.887. The first-order valence-electron chi connectivity index (χ1n) is 6.15. The van der Waals surface area contributed by atoms with Gasteiger partial charge in [0.1, 0.15) is 18.0 Å². The van der Waals surface area contributed by atoms with Crippen molar-refractivity contribution in [3.05, 3.63) is 11.9 Å². The molecule has 0 aliphatic carbocycles. The van der Waals surface area contributed by atoms with Crippen molar-refractivity contribution < 1.29 is 0 Å². The maximum atomic E-state index is 4.30. The fourth-order valence-corrected chi connectivity index (χ4v) is 1.60. The van der Waals surface area contributed by atoms with Gasteiger partial charge >= 0.3 is 0 Å². The van der Waals surface area contributed by atoms with Crippen LogP contribution in [-0.4, -0.2) is 23.1 Å². The molecule has 0 radical (unpaired) electrons. The summed E-state index contributed by atoms with van der Waals surface area (Å²) in [6.07, 6.45) is 4.92. The predicted octanol–water partition coefficient (Wildman–Crippen LogP) is 2.68. The maximum absolute atomic E-state index is 4.30. The number of anilines is 2. The molecule has 4 heteroatoms. The minimum absolute atomic E-state index is 0.887. The van der Waals surface area contributed by atoms with Gasteiger partial charge in [0.05, 0.1) is 0 Å². The molecule has 1 rings (SSSR count). The fraction of sp³-hybridized carbons (Fsp3) is 0.667. The molecule has 0 bridgehead atoms. The zero-order valence-corrected chi connectivity index (χ0v) is 10.5. The lowest BCUT2D eigenvalue weighted by molar-refractivity contribution is 0.827. The van der Waals surface area contributed by atoms with E-state index in [1.54, 1.807) is 6.33 Å². The third kappa shape index (κ3) is 3.36. The molecule has 0 atom stereocenters. The highest BCUT2D eigenvalue weighted by Crippen LogP contribution is 2.20. The van der Waals surface area contributed by atoms with Crippen LogP contribution in [0.5, 0.6) is 0 Å². The van der Waals surface area contributed by atoms with Crippen LogP contribution in [0.2, 0.25) is 0 Å². The second-order valence-electron chi connectivity index (χ2n) is 3.71. The summed E-state index contributed by atoms with van der Waals surface area (Å²) in [5.41, 5.74) is 1.18. The van der Waals surface area contributed by atoms with Crippen molar-refractivity contribution in [3.63, 3.8) is 0 Å². The molecule has 0 spiro atoms. The highest BCUT2D eigenvalue weighted by molar-refractivity contribution is 5.57. The summed E-state index contributed by atoms with van der Waals surface area (Å²) < 4.78 is 0. The first kappa shape index (κ1) is 12.7. The Morgan fingerprint density at radius 3 is 2.31 bits per heavy atom. The monoisotopic (exact) mass is 222 g/mol. The van der Waals surface area contributed by atoms with Crippen molar-refractivity contribution in [1.82, 2.24) is 9.97 Å². The Bertz CT molecular complexity index is 312. The summed E-state index contributed by atoms with van der Waals surface area (Å²) in [5.74, 6) is 1.93.